The van der Waals surface area contributed by atoms with E-state index < -0.39 is 0 Å². The molecule has 1 aromatic carbocycles. The van der Waals surface area contributed by atoms with Crippen LogP contribution in [0.5, 0.6) is 0 Å². The van der Waals surface area contributed by atoms with E-state index in [1.807, 2.05) is 12.1 Å². The number of benzene rings is 1. The molecule has 90 valence electrons. The Morgan fingerprint density at radius 2 is 1.88 bits per heavy atom. The molecule has 2 nitrogen and oxygen atoms in total. The summed E-state index contributed by atoms with van der Waals surface area (Å²) in [4.78, 5) is 2.20. The van der Waals surface area contributed by atoms with Gasteiger partial charge in [0.2, 0.25) is 0 Å². The van der Waals surface area contributed by atoms with Gasteiger partial charge in [0.05, 0.1) is 0 Å². The quantitative estimate of drug-likeness (QED) is 0.799. The van der Waals surface area contributed by atoms with Gasteiger partial charge in [-0.1, -0.05) is 13.8 Å². The fourth-order valence-electron chi connectivity index (χ4n) is 1.75. The number of nitrogens with one attached hydrogen (secondary N) is 1. The van der Waals surface area contributed by atoms with E-state index in [9.17, 15) is 4.39 Å². The topological polar surface area (TPSA) is 15.3 Å². The van der Waals surface area contributed by atoms with Gasteiger partial charge in [0.25, 0.3) is 0 Å². The first-order chi connectivity index (χ1) is 7.69. The maximum absolute atomic E-state index is 12.8. The van der Waals surface area contributed by atoms with Crippen LogP contribution in [0.25, 0.3) is 0 Å². The minimum Gasteiger partial charge on any atom is -0.370 e. The SMILES string of the molecule is CCNCC(CC)N(C)c1ccc(F)cc1. The van der Waals surface area contributed by atoms with E-state index in [4.69, 9.17) is 0 Å². The molecule has 0 bridgehead atoms. The van der Waals surface area contributed by atoms with Crippen LogP contribution in [-0.2, 0) is 0 Å². The van der Waals surface area contributed by atoms with Crippen LogP contribution in [0.4, 0.5) is 10.1 Å². The Bertz CT molecular complexity index is 297. The molecule has 0 amide bonds. The molecule has 0 aliphatic rings. The van der Waals surface area contributed by atoms with Gasteiger partial charge in [-0.15, -0.1) is 0 Å². The molecular formula is C13H21FN2. The van der Waals surface area contributed by atoms with Gasteiger partial charge in [0.1, 0.15) is 5.82 Å². The lowest BCUT2D eigenvalue weighted by Gasteiger charge is -2.29. The Labute approximate surface area is 97.5 Å². The fraction of sp³-hybridized carbons (Fsp3) is 0.538. The predicted octanol–water partition coefficient (Wildman–Crippen LogP) is 2.65. The number of anilines is 1. The molecule has 0 aromatic heterocycles. The fourth-order valence-corrected chi connectivity index (χ4v) is 1.75. The molecule has 0 radical (unpaired) electrons. The van der Waals surface area contributed by atoms with Gasteiger partial charge in [-0.25, -0.2) is 4.39 Å². The van der Waals surface area contributed by atoms with E-state index in [0.717, 1.165) is 25.2 Å². The van der Waals surface area contributed by atoms with E-state index in [1.54, 1.807) is 0 Å². The van der Waals surface area contributed by atoms with E-state index in [2.05, 4.69) is 31.1 Å². The summed E-state index contributed by atoms with van der Waals surface area (Å²) in [5.74, 6) is -0.183. The molecule has 1 aromatic rings. The zero-order valence-electron chi connectivity index (χ0n) is 10.3. The zero-order valence-corrected chi connectivity index (χ0v) is 10.3. The van der Waals surface area contributed by atoms with Crippen molar-refractivity contribution in [1.82, 2.24) is 5.32 Å². The summed E-state index contributed by atoms with van der Waals surface area (Å²) in [5, 5.41) is 3.35. The lowest BCUT2D eigenvalue weighted by atomic mass is 10.1. The second kappa shape index (κ2) is 6.48. The first-order valence-electron chi connectivity index (χ1n) is 5.88. The number of halogens is 1. The van der Waals surface area contributed by atoms with Crippen molar-refractivity contribution in [2.24, 2.45) is 0 Å². The van der Waals surface area contributed by atoms with Crippen LogP contribution in [0, 0.1) is 5.82 Å². The van der Waals surface area contributed by atoms with Crippen LogP contribution < -0.4 is 10.2 Å². The molecule has 0 aliphatic carbocycles. The van der Waals surface area contributed by atoms with Crippen LogP contribution in [0.1, 0.15) is 20.3 Å². The van der Waals surface area contributed by atoms with Crippen molar-refractivity contribution in [2.75, 3.05) is 25.0 Å². The number of nitrogens with zero attached hydrogens (tertiary/aromatic N) is 1. The lowest BCUT2D eigenvalue weighted by Crippen LogP contribution is -2.39. The van der Waals surface area contributed by atoms with E-state index >= 15 is 0 Å². The normalized spacial score (nSPS) is 12.5. The van der Waals surface area contributed by atoms with Crippen LogP contribution in [-0.4, -0.2) is 26.2 Å². The molecule has 0 aliphatic heterocycles. The van der Waals surface area contributed by atoms with Crippen molar-refractivity contribution >= 4 is 5.69 Å². The molecule has 0 fully saturated rings. The van der Waals surface area contributed by atoms with Gasteiger partial charge >= 0.3 is 0 Å². The Morgan fingerprint density at radius 3 is 2.38 bits per heavy atom. The van der Waals surface area contributed by atoms with Gasteiger partial charge in [-0.05, 0) is 37.2 Å². The molecule has 16 heavy (non-hydrogen) atoms. The van der Waals surface area contributed by atoms with Crippen molar-refractivity contribution in [1.29, 1.82) is 0 Å². The van der Waals surface area contributed by atoms with Crippen LogP contribution >= 0.6 is 0 Å². The molecule has 1 rings (SSSR count). The standard InChI is InChI=1S/C13H21FN2/c1-4-12(10-15-5-2)16(3)13-8-6-11(14)7-9-13/h6-9,12,15H,4-5,10H2,1-3H3. The van der Waals surface area contributed by atoms with Crippen LogP contribution in [0.3, 0.4) is 0 Å². The van der Waals surface area contributed by atoms with Crippen molar-refractivity contribution in [3.05, 3.63) is 30.1 Å². The molecular weight excluding hydrogens is 203 g/mol. The minimum atomic E-state index is -0.183. The smallest absolute Gasteiger partial charge is 0.123 e. The predicted molar refractivity (Wildman–Crippen MR) is 67.4 cm³/mol. The number of hydrogen-bond acceptors (Lipinski definition) is 2. The minimum absolute atomic E-state index is 0.183. The third kappa shape index (κ3) is 3.49. The molecule has 1 atom stereocenters. The molecule has 0 saturated heterocycles. The summed E-state index contributed by atoms with van der Waals surface area (Å²) in [6.07, 6.45) is 1.07. The maximum Gasteiger partial charge on any atom is 0.123 e. The number of hydrogen-bond donors (Lipinski definition) is 1. The summed E-state index contributed by atoms with van der Waals surface area (Å²) in [7, 11) is 2.05. The highest BCUT2D eigenvalue weighted by Gasteiger charge is 2.12. The van der Waals surface area contributed by atoms with Crippen LogP contribution in [0.15, 0.2) is 24.3 Å². The average molecular weight is 224 g/mol. The highest BCUT2D eigenvalue weighted by molar-refractivity contribution is 5.46. The molecule has 0 saturated carbocycles. The van der Waals surface area contributed by atoms with Gasteiger partial charge in [0.15, 0.2) is 0 Å². The van der Waals surface area contributed by atoms with Gasteiger partial charge in [0, 0.05) is 25.3 Å². The van der Waals surface area contributed by atoms with Gasteiger partial charge in [-0.2, -0.15) is 0 Å². The number of rotatable bonds is 6. The first kappa shape index (κ1) is 13.0. The first-order valence-corrected chi connectivity index (χ1v) is 5.88. The second-order valence-corrected chi connectivity index (χ2v) is 3.96. The summed E-state index contributed by atoms with van der Waals surface area (Å²) in [6.45, 7) is 6.21. The van der Waals surface area contributed by atoms with Crippen molar-refractivity contribution < 1.29 is 4.39 Å². The zero-order chi connectivity index (χ0) is 12.0. The summed E-state index contributed by atoms with van der Waals surface area (Å²) in [5.41, 5.74) is 1.06. The summed E-state index contributed by atoms with van der Waals surface area (Å²) in [6, 6.07) is 7.11. The lowest BCUT2D eigenvalue weighted by molar-refractivity contribution is 0.551. The largest absolute Gasteiger partial charge is 0.370 e. The Kier molecular flexibility index (Phi) is 5.26. The monoisotopic (exact) mass is 224 g/mol. The second-order valence-electron chi connectivity index (χ2n) is 3.96. The van der Waals surface area contributed by atoms with E-state index in [-0.39, 0.29) is 5.82 Å². The molecule has 0 heterocycles. The highest BCUT2D eigenvalue weighted by Crippen LogP contribution is 2.16. The summed E-state index contributed by atoms with van der Waals surface area (Å²) >= 11 is 0. The van der Waals surface area contributed by atoms with Gasteiger partial charge in [-0.3, -0.25) is 0 Å². The molecule has 3 heteroatoms. The molecule has 1 unspecified atom stereocenters. The third-order valence-electron chi connectivity index (χ3n) is 2.88. The maximum atomic E-state index is 12.8. The molecule has 1 N–H and O–H groups in total. The molecule has 0 spiro atoms. The van der Waals surface area contributed by atoms with Crippen LogP contribution in [0.2, 0.25) is 0 Å². The van der Waals surface area contributed by atoms with E-state index in [1.165, 1.54) is 12.1 Å². The Hall–Kier alpha value is -1.09. The Morgan fingerprint density at radius 1 is 1.25 bits per heavy atom. The average Bonchev–Trinajstić information content (AvgIpc) is 2.30. The number of likely N-dealkylation sites (N-methyl/N-ethyl adjacent to an activating group) is 2. The van der Waals surface area contributed by atoms with Crippen molar-refractivity contribution in [3.63, 3.8) is 0 Å². The summed E-state index contributed by atoms with van der Waals surface area (Å²) < 4.78 is 12.8. The third-order valence-corrected chi connectivity index (χ3v) is 2.88. The van der Waals surface area contributed by atoms with Crippen molar-refractivity contribution in [2.45, 2.75) is 26.3 Å². The highest BCUT2D eigenvalue weighted by atomic mass is 19.1. The van der Waals surface area contributed by atoms with Crippen molar-refractivity contribution in [3.8, 4) is 0 Å². The van der Waals surface area contributed by atoms with Gasteiger partial charge < -0.3 is 10.2 Å². The Balaban J connectivity index is 2.66. The van der Waals surface area contributed by atoms with E-state index in [0.29, 0.717) is 6.04 Å².